The Kier molecular flexibility index (Phi) is 7.03. The first-order valence-electron chi connectivity index (χ1n) is 11.7. The van der Waals surface area contributed by atoms with E-state index in [0.717, 1.165) is 29.0 Å². The minimum Gasteiger partial charge on any atom is -0.383 e. The van der Waals surface area contributed by atoms with E-state index in [9.17, 15) is 4.79 Å². The van der Waals surface area contributed by atoms with Crippen molar-refractivity contribution in [3.05, 3.63) is 60.1 Å². The van der Waals surface area contributed by atoms with E-state index in [1.807, 2.05) is 25.1 Å². The van der Waals surface area contributed by atoms with Crippen LogP contribution in [0.4, 0.5) is 11.5 Å². The number of amides is 1. The van der Waals surface area contributed by atoms with Gasteiger partial charge >= 0.3 is 0 Å². The monoisotopic (exact) mass is 480 g/mol. The number of carbonyl (C=O) groups is 1. The second-order valence-electron chi connectivity index (χ2n) is 8.64. The third-order valence-corrected chi connectivity index (χ3v) is 6.38. The molecule has 1 aromatic carbocycles. The van der Waals surface area contributed by atoms with Crippen molar-refractivity contribution in [1.29, 1.82) is 10.7 Å². The van der Waals surface area contributed by atoms with Crippen molar-refractivity contribution in [2.75, 3.05) is 17.6 Å². The molecule has 36 heavy (non-hydrogen) atoms. The molecule has 0 unspecified atom stereocenters. The zero-order valence-corrected chi connectivity index (χ0v) is 20.4. The number of nitrogens with one attached hydrogen (secondary N) is 2. The third-order valence-electron chi connectivity index (χ3n) is 6.38. The number of benzene rings is 1. The number of rotatable bonds is 6. The van der Waals surface area contributed by atoms with Crippen molar-refractivity contribution in [2.24, 2.45) is 0 Å². The zero-order chi connectivity index (χ0) is 25.8. The highest BCUT2D eigenvalue weighted by Gasteiger charge is 2.34. The predicted molar refractivity (Wildman–Crippen MR) is 140 cm³/mol. The Labute approximate surface area is 210 Å². The molecule has 2 atom stereocenters. The number of hydrogen-bond acceptors (Lipinski definition) is 7. The van der Waals surface area contributed by atoms with Gasteiger partial charge in [0.15, 0.2) is 0 Å². The van der Waals surface area contributed by atoms with Crippen LogP contribution in [0.5, 0.6) is 0 Å². The number of aryl methyl sites for hydroxylation is 2. The number of likely N-dealkylation sites (tertiary alicyclic amines) is 1. The molecular formula is C27H28N8O. The summed E-state index contributed by atoms with van der Waals surface area (Å²) < 4.78 is 2.14. The number of anilines is 2. The highest BCUT2D eigenvalue weighted by molar-refractivity contribution is 6.17. The molecule has 3 aromatic rings. The molecule has 9 heteroatoms. The normalized spacial score (nSPS) is 16.8. The fourth-order valence-electron chi connectivity index (χ4n) is 4.71. The Morgan fingerprint density at radius 2 is 2.22 bits per heavy atom. The highest BCUT2D eigenvalue weighted by Crippen LogP contribution is 2.27. The van der Waals surface area contributed by atoms with Gasteiger partial charge in [0.1, 0.15) is 17.4 Å². The maximum absolute atomic E-state index is 12.2. The van der Waals surface area contributed by atoms with Crippen LogP contribution in [-0.2, 0) is 11.3 Å². The van der Waals surface area contributed by atoms with Crippen molar-refractivity contribution in [3.63, 3.8) is 0 Å². The molecule has 4 rings (SSSR count). The maximum Gasteiger partial charge on any atom is 0.246 e. The summed E-state index contributed by atoms with van der Waals surface area (Å²) in [6, 6.07) is 9.40. The van der Waals surface area contributed by atoms with Gasteiger partial charge in [0.05, 0.1) is 29.1 Å². The van der Waals surface area contributed by atoms with Crippen molar-refractivity contribution >= 4 is 34.2 Å². The van der Waals surface area contributed by atoms with Crippen molar-refractivity contribution in [1.82, 2.24) is 19.4 Å². The number of carbonyl (C=O) groups excluding carboxylic acids is 1. The topological polar surface area (TPSA) is 137 Å². The van der Waals surface area contributed by atoms with Gasteiger partial charge in [0.25, 0.3) is 0 Å². The van der Waals surface area contributed by atoms with Crippen LogP contribution in [0.3, 0.4) is 0 Å². The minimum atomic E-state index is -0.205. The number of nitrogen functional groups attached to an aromatic ring is 1. The van der Waals surface area contributed by atoms with E-state index in [1.54, 1.807) is 17.2 Å². The van der Waals surface area contributed by atoms with E-state index >= 15 is 0 Å². The summed E-state index contributed by atoms with van der Waals surface area (Å²) in [4.78, 5) is 22.7. The average molecular weight is 481 g/mol. The van der Waals surface area contributed by atoms with E-state index in [-0.39, 0.29) is 35.9 Å². The molecule has 4 N–H and O–H groups in total. The predicted octanol–water partition coefficient (Wildman–Crippen LogP) is 3.24. The van der Waals surface area contributed by atoms with Gasteiger partial charge in [0, 0.05) is 42.6 Å². The Morgan fingerprint density at radius 3 is 2.94 bits per heavy atom. The summed E-state index contributed by atoms with van der Waals surface area (Å²) in [6.45, 7) is 8.88. The van der Waals surface area contributed by atoms with Crippen LogP contribution in [0.15, 0.2) is 43.1 Å². The van der Waals surface area contributed by atoms with Gasteiger partial charge in [0.2, 0.25) is 5.91 Å². The van der Waals surface area contributed by atoms with Crippen LogP contribution in [-0.4, -0.2) is 49.7 Å². The number of nitriles is 1. The molecule has 1 saturated heterocycles. The second-order valence-corrected chi connectivity index (χ2v) is 8.64. The number of nitrogens with two attached hydrogens (primary N) is 1. The van der Waals surface area contributed by atoms with Crippen LogP contribution in [0.25, 0.3) is 11.0 Å². The molecule has 0 spiro atoms. The fraction of sp³-hybridized carbons (Fsp3) is 0.296. The summed E-state index contributed by atoms with van der Waals surface area (Å²) in [5.41, 5.74) is 9.87. The van der Waals surface area contributed by atoms with Crippen LogP contribution in [0.2, 0.25) is 0 Å². The molecule has 1 fully saturated rings. The van der Waals surface area contributed by atoms with Gasteiger partial charge < -0.3 is 20.5 Å². The molecule has 0 bridgehead atoms. The lowest BCUT2D eigenvalue weighted by Gasteiger charge is -2.21. The van der Waals surface area contributed by atoms with Gasteiger partial charge in [-0.3, -0.25) is 10.2 Å². The first-order valence-corrected chi connectivity index (χ1v) is 11.7. The molecule has 0 radical (unpaired) electrons. The molecule has 1 amide bonds. The zero-order valence-electron chi connectivity index (χ0n) is 20.4. The third kappa shape index (κ3) is 4.77. The van der Waals surface area contributed by atoms with Gasteiger partial charge in [-0.2, -0.15) is 5.26 Å². The Morgan fingerprint density at radius 1 is 1.42 bits per heavy atom. The molecule has 1 aliphatic heterocycles. The lowest BCUT2D eigenvalue weighted by Crippen LogP contribution is -2.35. The highest BCUT2D eigenvalue weighted by atomic mass is 16.2. The van der Waals surface area contributed by atoms with Crippen molar-refractivity contribution < 1.29 is 4.79 Å². The van der Waals surface area contributed by atoms with Gasteiger partial charge in [-0.25, -0.2) is 9.97 Å². The van der Waals surface area contributed by atoms with Crippen molar-refractivity contribution in [3.8, 4) is 17.9 Å². The number of pyridine rings is 1. The molecule has 3 heterocycles. The van der Waals surface area contributed by atoms with Crippen LogP contribution in [0.1, 0.15) is 36.7 Å². The molecule has 0 saturated carbocycles. The van der Waals surface area contributed by atoms with Crippen LogP contribution < -0.4 is 11.1 Å². The Balaban J connectivity index is 1.57. The fourth-order valence-corrected chi connectivity index (χ4v) is 4.71. The van der Waals surface area contributed by atoms with Gasteiger partial charge in [-0.05, 0) is 56.5 Å². The standard InChI is InChI=1S/C27H28N8O/c1-4-25(36)35-16-19(15-20(35)10-12-28)33-22-11-13-31-27(30)26(22)21(29)8-6-18-7-9-24-23(14-18)32-17(3)34(24)5-2/h4,7,9,11,13-14,19-20,29H,1,5,10,15-16H2,2-3H3,(H3,30,31,33)/t19-,20-/m0/s1. The van der Waals surface area contributed by atoms with Crippen LogP contribution in [0, 0.1) is 35.5 Å². The summed E-state index contributed by atoms with van der Waals surface area (Å²) in [5, 5.41) is 21.2. The first-order chi connectivity index (χ1) is 17.4. The average Bonchev–Trinajstić information content (AvgIpc) is 3.41. The molecular weight excluding hydrogens is 452 g/mol. The first kappa shape index (κ1) is 24.5. The van der Waals surface area contributed by atoms with Gasteiger partial charge in [-0.15, -0.1) is 0 Å². The van der Waals surface area contributed by atoms with E-state index in [0.29, 0.717) is 24.2 Å². The summed E-state index contributed by atoms with van der Waals surface area (Å²) in [7, 11) is 0. The molecule has 2 aromatic heterocycles. The summed E-state index contributed by atoms with van der Waals surface area (Å²) in [5.74, 6) is 6.89. The number of imidazole rings is 1. The van der Waals surface area contributed by atoms with E-state index in [4.69, 9.17) is 16.4 Å². The summed E-state index contributed by atoms with van der Waals surface area (Å²) in [6.07, 6.45) is 3.66. The second kappa shape index (κ2) is 10.3. The molecule has 0 aliphatic carbocycles. The lowest BCUT2D eigenvalue weighted by atomic mass is 10.1. The summed E-state index contributed by atoms with van der Waals surface area (Å²) >= 11 is 0. The largest absolute Gasteiger partial charge is 0.383 e. The molecule has 9 nitrogen and oxygen atoms in total. The number of hydrogen-bond donors (Lipinski definition) is 3. The van der Waals surface area contributed by atoms with Crippen molar-refractivity contribution in [2.45, 2.75) is 45.3 Å². The quantitative estimate of drug-likeness (QED) is 0.281. The number of nitrogens with zero attached hydrogens (tertiary/aromatic N) is 5. The lowest BCUT2D eigenvalue weighted by molar-refractivity contribution is -0.126. The van der Waals surface area contributed by atoms with E-state index in [1.165, 1.54) is 6.08 Å². The molecule has 1 aliphatic rings. The maximum atomic E-state index is 12.2. The van der Waals surface area contributed by atoms with Gasteiger partial charge in [-0.1, -0.05) is 12.5 Å². The SMILES string of the molecule is C=CC(=O)N1C[C@@H](Nc2ccnc(N)c2C(=N)C#Cc2ccc3c(c2)nc(C)n3CC)C[C@@H]1CC#N. The minimum absolute atomic E-state index is 0.0315. The van der Waals surface area contributed by atoms with E-state index < -0.39 is 0 Å². The Hall–Kier alpha value is -4.63. The van der Waals surface area contributed by atoms with E-state index in [2.05, 4.69) is 51.3 Å². The molecule has 182 valence electrons. The smallest absolute Gasteiger partial charge is 0.246 e. The Bertz CT molecular complexity index is 1450. The van der Waals surface area contributed by atoms with Crippen LogP contribution >= 0.6 is 0 Å². The number of fused-ring (bicyclic) bond motifs is 1. The number of aromatic nitrogens is 3.